The van der Waals surface area contributed by atoms with Crippen LogP contribution in [0.4, 0.5) is 0 Å². The topological polar surface area (TPSA) is 99.6 Å². The molecular weight excluding hydrogens is 364 g/mol. The Labute approximate surface area is 157 Å². The van der Waals surface area contributed by atoms with Gasteiger partial charge in [0.1, 0.15) is 6.07 Å². The second-order valence-electron chi connectivity index (χ2n) is 6.50. The predicted octanol–water partition coefficient (Wildman–Crippen LogP) is 2.74. The second kappa shape index (κ2) is 6.89. The van der Waals surface area contributed by atoms with E-state index in [0.29, 0.717) is 12.0 Å². The molecule has 0 spiro atoms. The smallest absolute Gasteiger partial charge is 0.307 e. The molecule has 0 saturated heterocycles. The van der Waals surface area contributed by atoms with Crippen LogP contribution in [0, 0.1) is 18.3 Å². The fraction of sp³-hybridized carbons (Fsp3) is 0.200. The number of hydrogen-bond donors (Lipinski definition) is 1. The molecule has 0 atom stereocenters. The summed E-state index contributed by atoms with van der Waals surface area (Å²) in [5.74, 6) is -0.918. The zero-order chi connectivity index (χ0) is 19.8. The van der Waals surface area contributed by atoms with Crippen molar-refractivity contribution >= 4 is 21.3 Å². The molecule has 0 aliphatic rings. The molecule has 7 heteroatoms. The Hall–Kier alpha value is -3.11. The average molecular weight is 382 g/mol. The van der Waals surface area contributed by atoms with E-state index >= 15 is 0 Å². The highest BCUT2D eigenvalue weighted by atomic mass is 32.2. The zero-order valence-electron chi connectivity index (χ0n) is 14.9. The molecule has 0 aliphatic heterocycles. The van der Waals surface area contributed by atoms with Crippen molar-refractivity contribution in [2.75, 3.05) is 6.26 Å². The van der Waals surface area contributed by atoms with Gasteiger partial charge in [0.05, 0.1) is 16.9 Å². The number of fused-ring (bicyclic) bond motifs is 1. The molecule has 0 unspecified atom stereocenters. The summed E-state index contributed by atoms with van der Waals surface area (Å²) in [5.41, 5.74) is 4.60. The Morgan fingerprint density at radius 2 is 1.85 bits per heavy atom. The van der Waals surface area contributed by atoms with E-state index in [-0.39, 0.29) is 11.3 Å². The number of aromatic nitrogens is 1. The molecule has 2 aromatic heterocycles. The van der Waals surface area contributed by atoms with Gasteiger partial charge in [0.2, 0.25) is 0 Å². The van der Waals surface area contributed by atoms with Crippen molar-refractivity contribution < 1.29 is 18.3 Å². The molecule has 1 N–H and O–H groups in total. The van der Waals surface area contributed by atoms with E-state index in [1.807, 2.05) is 11.3 Å². The van der Waals surface area contributed by atoms with Gasteiger partial charge in [-0.15, -0.1) is 0 Å². The number of carbonyl (C=O) groups is 1. The van der Waals surface area contributed by atoms with Gasteiger partial charge in [0, 0.05) is 30.1 Å². The molecule has 6 nitrogen and oxygen atoms in total. The SMILES string of the molecule is Cc1c(CC(=O)O)c2ccc(C#N)cn2c1Cc1ccc(S(C)(=O)=O)cc1. The van der Waals surface area contributed by atoms with E-state index in [0.717, 1.165) is 34.2 Å². The number of pyridine rings is 1. The molecule has 138 valence electrons. The molecule has 3 rings (SSSR count). The maximum atomic E-state index is 11.6. The minimum Gasteiger partial charge on any atom is -0.481 e. The summed E-state index contributed by atoms with van der Waals surface area (Å²) in [6.45, 7) is 1.87. The minimum atomic E-state index is -3.26. The summed E-state index contributed by atoms with van der Waals surface area (Å²) in [5, 5.41) is 18.4. The highest BCUT2D eigenvalue weighted by molar-refractivity contribution is 7.90. The molecular formula is C20H18N2O4S. The van der Waals surface area contributed by atoms with Crippen LogP contribution in [-0.4, -0.2) is 30.2 Å². The maximum absolute atomic E-state index is 11.6. The normalized spacial score (nSPS) is 11.4. The Morgan fingerprint density at radius 1 is 1.19 bits per heavy atom. The standard InChI is InChI=1S/C20H18N2O4S/c1-13-17(10-20(23)24)18-8-5-15(11-21)12-22(18)19(13)9-14-3-6-16(7-4-14)27(2,25)26/h3-8,12H,9-10H2,1-2H3,(H,23,24). The van der Waals surface area contributed by atoms with Crippen LogP contribution in [0.2, 0.25) is 0 Å². The Morgan fingerprint density at radius 3 is 2.41 bits per heavy atom. The van der Waals surface area contributed by atoms with Gasteiger partial charge in [-0.3, -0.25) is 4.79 Å². The number of sulfone groups is 1. The summed E-state index contributed by atoms with van der Waals surface area (Å²) in [6, 6.07) is 12.2. The summed E-state index contributed by atoms with van der Waals surface area (Å²) < 4.78 is 25.1. The summed E-state index contributed by atoms with van der Waals surface area (Å²) in [6.07, 6.45) is 3.25. The molecule has 2 heterocycles. The van der Waals surface area contributed by atoms with Crippen molar-refractivity contribution in [2.24, 2.45) is 0 Å². The first-order chi connectivity index (χ1) is 12.7. The maximum Gasteiger partial charge on any atom is 0.307 e. The summed E-state index contributed by atoms with van der Waals surface area (Å²) >= 11 is 0. The molecule has 0 bridgehead atoms. The summed E-state index contributed by atoms with van der Waals surface area (Å²) in [4.78, 5) is 11.5. The fourth-order valence-electron chi connectivity index (χ4n) is 3.22. The molecule has 0 fully saturated rings. The van der Waals surface area contributed by atoms with Gasteiger partial charge in [-0.05, 0) is 47.9 Å². The Balaban J connectivity index is 2.11. The minimum absolute atomic E-state index is 0.103. The first-order valence-corrected chi connectivity index (χ1v) is 10.1. The first kappa shape index (κ1) is 18.7. The lowest BCUT2D eigenvalue weighted by atomic mass is 10.0. The third-order valence-corrected chi connectivity index (χ3v) is 5.74. The number of rotatable bonds is 5. The summed E-state index contributed by atoms with van der Waals surface area (Å²) in [7, 11) is -3.26. The van der Waals surface area contributed by atoms with Crippen LogP contribution >= 0.6 is 0 Å². The van der Waals surface area contributed by atoms with Crippen molar-refractivity contribution in [3.63, 3.8) is 0 Å². The quantitative estimate of drug-likeness (QED) is 0.731. The van der Waals surface area contributed by atoms with Crippen molar-refractivity contribution in [3.05, 3.63) is 70.5 Å². The number of nitriles is 1. The van der Waals surface area contributed by atoms with E-state index in [1.54, 1.807) is 42.6 Å². The van der Waals surface area contributed by atoms with Crippen LogP contribution in [0.1, 0.15) is 27.9 Å². The monoisotopic (exact) mass is 382 g/mol. The predicted molar refractivity (Wildman–Crippen MR) is 101 cm³/mol. The molecule has 1 aromatic carbocycles. The van der Waals surface area contributed by atoms with Crippen LogP contribution in [0.15, 0.2) is 47.5 Å². The third-order valence-electron chi connectivity index (χ3n) is 4.61. The largest absolute Gasteiger partial charge is 0.481 e. The zero-order valence-corrected chi connectivity index (χ0v) is 15.7. The lowest BCUT2D eigenvalue weighted by molar-refractivity contribution is -0.136. The molecule has 27 heavy (non-hydrogen) atoms. The van der Waals surface area contributed by atoms with Gasteiger partial charge in [-0.1, -0.05) is 12.1 Å². The third kappa shape index (κ3) is 3.71. The van der Waals surface area contributed by atoms with Crippen LogP contribution < -0.4 is 0 Å². The number of aliphatic carboxylic acids is 1. The van der Waals surface area contributed by atoms with Crippen molar-refractivity contribution in [1.82, 2.24) is 4.40 Å². The van der Waals surface area contributed by atoms with Gasteiger partial charge in [-0.25, -0.2) is 8.42 Å². The highest BCUT2D eigenvalue weighted by Crippen LogP contribution is 2.27. The average Bonchev–Trinajstić information content (AvgIpc) is 2.86. The number of benzene rings is 1. The van der Waals surface area contributed by atoms with Gasteiger partial charge >= 0.3 is 5.97 Å². The fourth-order valence-corrected chi connectivity index (χ4v) is 3.85. The van der Waals surface area contributed by atoms with E-state index in [1.165, 1.54) is 0 Å². The molecule has 0 amide bonds. The van der Waals surface area contributed by atoms with Crippen molar-refractivity contribution in [1.29, 1.82) is 5.26 Å². The molecule has 0 aliphatic carbocycles. The van der Waals surface area contributed by atoms with Gasteiger partial charge in [0.25, 0.3) is 0 Å². The second-order valence-corrected chi connectivity index (χ2v) is 8.51. The van der Waals surface area contributed by atoms with Crippen LogP contribution in [0.3, 0.4) is 0 Å². The van der Waals surface area contributed by atoms with E-state index in [2.05, 4.69) is 6.07 Å². The van der Waals surface area contributed by atoms with E-state index < -0.39 is 15.8 Å². The lowest BCUT2D eigenvalue weighted by Crippen LogP contribution is -2.01. The van der Waals surface area contributed by atoms with Crippen LogP contribution in [0.25, 0.3) is 5.52 Å². The molecule has 0 radical (unpaired) electrons. The molecule has 0 saturated carbocycles. The lowest BCUT2D eigenvalue weighted by Gasteiger charge is -2.06. The van der Waals surface area contributed by atoms with E-state index in [9.17, 15) is 23.6 Å². The Kier molecular flexibility index (Phi) is 4.77. The van der Waals surface area contributed by atoms with Gasteiger partial charge < -0.3 is 9.51 Å². The number of hydrogen-bond acceptors (Lipinski definition) is 4. The van der Waals surface area contributed by atoms with Crippen LogP contribution in [-0.2, 0) is 27.5 Å². The van der Waals surface area contributed by atoms with Gasteiger partial charge in [-0.2, -0.15) is 5.26 Å². The number of nitrogens with zero attached hydrogens (tertiary/aromatic N) is 2. The Bertz CT molecular complexity index is 1180. The number of carboxylic acid groups (broad SMARTS) is 1. The van der Waals surface area contributed by atoms with Crippen LogP contribution in [0.5, 0.6) is 0 Å². The van der Waals surface area contributed by atoms with Gasteiger partial charge in [0.15, 0.2) is 9.84 Å². The molecule has 3 aromatic rings. The number of carboxylic acids is 1. The van der Waals surface area contributed by atoms with Crippen molar-refractivity contribution in [2.45, 2.75) is 24.7 Å². The first-order valence-electron chi connectivity index (χ1n) is 8.24. The van der Waals surface area contributed by atoms with Crippen molar-refractivity contribution in [3.8, 4) is 6.07 Å². The van der Waals surface area contributed by atoms with E-state index in [4.69, 9.17) is 0 Å². The highest BCUT2D eigenvalue weighted by Gasteiger charge is 2.18.